The van der Waals surface area contributed by atoms with Gasteiger partial charge in [0, 0.05) is 19.5 Å². The third kappa shape index (κ3) is 10.3. The van der Waals surface area contributed by atoms with E-state index in [0.717, 1.165) is 22.3 Å². The number of carbonyl (C=O) groups is 4. The van der Waals surface area contributed by atoms with Crippen molar-refractivity contribution in [2.24, 2.45) is 0 Å². The molecule has 3 aromatic rings. The van der Waals surface area contributed by atoms with E-state index in [2.05, 4.69) is 21.3 Å². The molecule has 0 saturated heterocycles. The SMILES string of the molecule is Cc1cccc(CNC(=O)NCCCC(=O)NCC(=O)NC(CC(=O)O)c2ccc(-c3ccccc3)cc2)c1. The van der Waals surface area contributed by atoms with Gasteiger partial charge >= 0.3 is 12.0 Å². The highest BCUT2D eigenvalue weighted by molar-refractivity contribution is 5.85. The van der Waals surface area contributed by atoms with Crippen LogP contribution in [0.5, 0.6) is 0 Å². The molecule has 9 nitrogen and oxygen atoms in total. The average molecular weight is 531 g/mol. The summed E-state index contributed by atoms with van der Waals surface area (Å²) in [5.74, 6) is -1.88. The third-order valence-electron chi connectivity index (χ3n) is 5.98. The summed E-state index contributed by atoms with van der Waals surface area (Å²) in [5.41, 5.74) is 4.78. The standard InChI is InChI=1S/C30H34N4O5/c1-21-7-5-8-22(17-21)19-33-30(39)31-16-6-11-27(35)32-20-28(36)34-26(18-29(37)38)25-14-12-24(13-15-25)23-9-3-2-4-10-23/h2-5,7-10,12-15,17,26H,6,11,16,18-20H2,1H3,(H,32,35)(H,34,36)(H,37,38)(H2,31,33,39). The molecule has 0 aliphatic carbocycles. The number of urea groups is 1. The van der Waals surface area contributed by atoms with E-state index in [-0.39, 0.29) is 31.3 Å². The number of aliphatic carboxylic acids is 1. The number of benzene rings is 3. The molecule has 1 atom stereocenters. The van der Waals surface area contributed by atoms with Gasteiger partial charge in [-0.15, -0.1) is 0 Å². The van der Waals surface area contributed by atoms with Crippen LogP contribution in [0.3, 0.4) is 0 Å². The summed E-state index contributed by atoms with van der Waals surface area (Å²) in [4.78, 5) is 47.9. The molecule has 3 aromatic carbocycles. The number of carboxylic acids is 1. The molecule has 0 bridgehead atoms. The molecular formula is C30H34N4O5. The fourth-order valence-corrected chi connectivity index (χ4v) is 4.00. The molecule has 0 radical (unpaired) electrons. The van der Waals surface area contributed by atoms with Crippen LogP contribution in [0, 0.1) is 6.92 Å². The van der Waals surface area contributed by atoms with Crippen molar-refractivity contribution in [3.05, 3.63) is 95.6 Å². The van der Waals surface area contributed by atoms with Gasteiger partial charge in [-0.3, -0.25) is 14.4 Å². The van der Waals surface area contributed by atoms with Crippen molar-refractivity contribution in [3.63, 3.8) is 0 Å². The van der Waals surface area contributed by atoms with Gasteiger partial charge in [0.05, 0.1) is 19.0 Å². The van der Waals surface area contributed by atoms with Gasteiger partial charge in [-0.25, -0.2) is 4.79 Å². The summed E-state index contributed by atoms with van der Waals surface area (Å²) >= 11 is 0. The molecule has 9 heteroatoms. The Morgan fingerprint density at radius 2 is 1.51 bits per heavy atom. The molecule has 39 heavy (non-hydrogen) atoms. The number of hydrogen-bond donors (Lipinski definition) is 5. The van der Waals surface area contributed by atoms with Crippen LogP contribution in [-0.4, -0.2) is 42.0 Å². The normalized spacial score (nSPS) is 11.2. The lowest BCUT2D eigenvalue weighted by Crippen LogP contribution is -2.39. The molecule has 1 unspecified atom stereocenters. The first-order valence-corrected chi connectivity index (χ1v) is 12.8. The first-order valence-electron chi connectivity index (χ1n) is 12.8. The Labute approximate surface area is 228 Å². The van der Waals surface area contributed by atoms with Crippen LogP contribution in [0.25, 0.3) is 11.1 Å². The van der Waals surface area contributed by atoms with Crippen LogP contribution >= 0.6 is 0 Å². The minimum absolute atomic E-state index is 0.130. The summed E-state index contributed by atoms with van der Waals surface area (Å²) in [5, 5.41) is 20.0. The Hall–Kier alpha value is -4.66. The van der Waals surface area contributed by atoms with E-state index < -0.39 is 17.9 Å². The van der Waals surface area contributed by atoms with E-state index in [9.17, 15) is 24.3 Å². The van der Waals surface area contributed by atoms with E-state index in [1.54, 1.807) is 12.1 Å². The topological polar surface area (TPSA) is 137 Å². The first-order chi connectivity index (χ1) is 18.8. The van der Waals surface area contributed by atoms with Crippen LogP contribution in [-0.2, 0) is 20.9 Å². The highest BCUT2D eigenvalue weighted by Gasteiger charge is 2.18. The van der Waals surface area contributed by atoms with Crippen molar-refractivity contribution in [3.8, 4) is 11.1 Å². The Morgan fingerprint density at radius 1 is 0.795 bits per heavy atom. The van der Waals surface area contributed by atoms with E-state index in [1.807, 2.05) is 73.7 Å². The third-order valence-corrected chi connectivity index (χ3v) is 5.98. The Kier molecular flexibility index (Phi) is 11.1. The van der Waals surface area contributed by atoms with Crippen molar-refractivity contribution in [2.75, 3.05) is 13.1 Å². The lowest BCUT2D eigenvalue weighted by atomic mass is 9.99. The zero-order valence-corrected chi connectivity index (χ0v) is 21.9. The lowest BCUT2D eigenvalue weighted by molar-refractivity contribution is -0.138. The van der Waals surface area contributed by atoms with Crippen molar-refractivity contribution in [1.29, 1.82) is 0 Å². The second kappa shape index (κ2) is 14.9. The summed E-state index contributed by atoms with van der Waals surface area (Å²) in [6, 6.07) is 23.9. The van der Waals surface area contributed by atoms with Crippen LogP contribution < -0.4 is 21.3 Å². The van der Waals surface area contributed by atoms with Crippen LogP contribution in [0.15, 0.2) is 78.9 Å². The maximum Gasteiger partial charge on any atom is 0.315 e. The number of carboxylic acid groups (broad SMARTS) is 1. The molecule has 5 N–H and O–H groups in total. The van der Waals surface area contributed by atoms with Gasteiger partial charge < -0.3 is 26.4 Å². The minimum atomic E-state index is -1.05. The first kappa shape index (κ1) is 28.9. The Balaban J connectivity index is 1.37. The van der Waals surface area contributed by atoms with Gasteiger partial charge in [0.2, 0.25) is 11.8 Å². The second-order valence-corrected chi connectivity index (χ2v) is 9.18. The molecular weight excluding hydrogens is 496 g/mol. The number of rotatable bonds is 13. The van der Waals surface area contributed by atoms with E-state index in [4.69, 9.17) is 0 Å². The maximum absolute atomic E-state index is 12.4. The van der Waals surface area contributed by atoms with Gasteiger partial charge in [0.1, 0.15) is 0 Å². The van der Waals surface area contributed by atoms with Gasteiger partial charge in [-0.1, -0.05) is 84.4 Å². The lowest BCUT2D eigenvalue weighted by Gasteiger charge is -2.18. The fraction of sp³-hybridized carbons (Fsp3) is 0.267. The van der Waals surface area contributed by atoms with Gasteiger partial charge in [0.25, 0.3) is 0 Å². The molecule has 0 saturated carbocycles. The Morgan fingerprint density at radius 3 is 2.21 bits per heavy atom. The van der Waals surface area contributed by atoms with Crippen molar-refractivity contribution in [2.45, 2.75) is 38.8 Å². The molecule has 0 aromatic heterocycles. The number of hydrogen-bond acceptors (Lipinski definition) is 4. The van der Waals surface area contributed by atoms with Crippen LogP contribution in [0.4, 0.5) is 4.79 Å². The average Bonchev–Trinajstić information content (AvgIpc) is 2.93. The number of amides is 4. The predicted molar refractivity (Wildman–Crippen MR) is 149 cm³/mol. The molecule has 0 aliphatic heterocycles. The highest BCUT2D eigenvalue weighted by Crippen LogP contribution is 2.23. The van der Waals surface area contributed by atoms with Gasteiger partial charge in [-0.2, -0.15) is 0 Å². The zero-order valence-electron chi connectivity index (χ0n) is 21.9. The summed E-state index contributed by atoms with van der Waals surface area (Å²) in [6.07, 6.45) is 0.244. The van der Waals surface area contributed by atoms with Crippen molar-refractivity contribution in [1.82, 2.24) is 21.3 Å². The number of aryl methyl sites for hydroxylation is 1. The zero-order chi connectivity index (χ0) is 28.0. The fourth-order valence-electron chi connectivity index (χ4n) is 4.00. The molecule has 0 spiro atoms. The smallest absolute Gasteiger partial charge is 0.315 e. The Bertz CT molecular complexity index is 1260. The van der Waals surface area contributed by atoms with Crippen LogP contribution in [0.1, 0.15) is 42.0 Å². The number of carbonyl (C=O) groups excluding carboxylic acids is 3. The highest BCUT2D eigenvalue weighted by atomic mass is 16.4. The summed E-state index contributed by atoms with van der Waals surface area (Å²) < 4.78 is 0. The quantitative estimate of drug-likeness (QED) is 0.215. The van der Waals surface area contributed by atoms with Gasteiger partial charge in [-0.05, 0) is 35.6 Å². The van der Waals surface area contributed by atoms with E-state index in [1.165, 1.54) is 0 Å². The second-order valence-electron chi connectivity index (χ2n) is 9.18. The minimum Gasteiger partial charge on any atom is -0.481 e. The predicted octanol–water partition coefficient (Wildman–Crippen LogP) is 3.69. The number of nitrogens with one attached hydrogen (secondary N) is 4. The summed E-state index contributed by atoms with van der Waals surface area (Å²) in [7, 11) is 0. The molecule has 204 valence electrons. The van der Waals surface area contributed by atoms with E-state index >= 15 is 0 Å². The molecule has 0 heterocycles. The maximum atomic E-state index is 12.4. The van der Waals surface area contributed by atoms with E-state index in [0.29, 0.717) is 25.1 Å². The molecule has 0 aliphatic rings. The summed E-state index contributed by atoms with van der Waals surface area (Å²) in [6.45, 7) is 2.42. The van der Waals surface area contributed by atoms with Gasteiger partial charge in [0.15, 0.2) is 0 Å². The van der Waals surface area contributed by atoms with Crippen molar-refractivity contribution < 1.29 is 24.3 Å². The largest absolute Gasteiger partial charge is 0.481 e. The monoisotopic (exact) mass is 530 g/mol. The molecule has 4 amide bonds. The molecule has 3 rings (SSSR count). The van der Waals surface area contributed by atoms with Crippen LogP contribution in [0.2, 0.25) is 0 Å². The molecule has 0 fully saturated rings. The van der Waals surface area contributed by atoms with Crippen molar-refractivity contribution >= 4 is 23.8 Å².